The molecule has 3 aromatic rings. The molecule has 3 aliphatic rings. The van der Waals surface area contributed by atoms with E-state index >= 15 is 0 Å². The van der Waals surface area contributed by atoms with E-state index < -0.39 is 28.8 Å². The number of carbonyl (C=O) groups is 3. The number of Topliss-reactive ketones (excluding diaryl/α,β-unsaturated/α-hetero) is 2. The number of benzene rings is 2. The number of ketones is 2. The molecule has 6 heteroatoms. The van der Waals surface area contributed by atoms with Crippen molar-refractivity contribution in [1.29, 1.82) is 0 Å². The molecule has 1 spiro atoms. The highest BCUT2D eigenvalue weighted by molar-refractivity contribution is 6.17. The van der Waals surface area contributed by atoms with Gasteiger partial charge in [-0.3, -0.25) is 19.4 Å². The average Bonchev–Trinajstić information content (AvgIpc) is 3.36. The van der Waals surface area contributed by atoms with Crippen LogP contribution < -0.4 is 10.2 Å². The number of rotatable bonds is 3. The number of carbonyl (C=O) groups excluding carboxylic acids is 3. The molecule has 6 rings (SSSR count). The minimum atomic E-state index is -1.29. The van der Waals surface area contributed by atoms with Gasteiger partial charge in [0.15, 0.2) is 11.6 Å². The second kappa shape index (κ2) is 7.97. The van der Waals surface area contributed by atoms with Gasteiger partial charge in [-0.15, -0.1) is 0 Å². The van der Waals surface area contributed by atoms with Crippen molar-refractivity contribution in [2.45, 2.75) is 45.2 Å². The van der Waals surface area contributed by atoms with Crippen molar-refractivity contribution in [1.82, 2.24) is 4.98 Å². The highest BCUT2D eigenvalue weighted by Crippen LogP contribution is 2.59. The Hall–Kier alpha value is -4.06. The first kappa shape index (κ1) is 23.3. The molecular weight excluding hydrogens is 462 g/mol. The molecule has 3 aliphatic heterocycles. The molecule has 4 atom stereocenters. The lowest BCUT2D eigenvalue weighted by atomic mass is 9.63. The highest BCUT2D eigenvalue weighted by atomic mass is 16.2. The minimum Gasteiger partial charge on any atom is -0.352 e. The Bertz CT molecular complexity index is 1490. The van der Waals surface area contributed by atoms with Crippen molar-refractivity contribution in [2.75, 3.05) is 10.2 Å². The Labute approximate surface area is 216 Å². The van der Waals surface area contributed by atoms with E-state index in [1.165, 1.54) is 6.20 Å². The summed E-state index contributed by atoms with van der Waals surface area (Å²) >= 11 is 0. The molecule has 0 bridgehead atoms. The molecule has 0 saturated carbocycles. The van der Waals surface area contributed by atoms with Gasteiger partial charge in [-0.1, -0.05) is 63.2 Å². The fourth-order valence-electron chi connectivity index (χ4n) is 6.52. The normalized spacial score (nSPS) is 25.7. The van der Waals surface area contributed by atoms with Gasteiger partial charge in [0, 0.05) is 40.3 Å². The molecular formula is C31H29N3O3. The third-order valence-corrected chi connectivity index (χ3v) is 8.12. The summed E-state index contributed by atoms with van der Waals surface area (Å²) in [5.74, 6) is -1.53. The third-order valence-electron chi connectivity index (χ3n) is 8.12. The third kappa shape index (κ3) is 3.11. The number of nitrogens with one attached hydrogen (secondary N) is 1. The van der Waals surface area contributed by atoms with Crippen LogP contribution in [0.2, 0.25) is 0 Å². The quantitative estimate of drug-likeness (QED) is 0.518. The van der Waals surface area contributed by atoms with Crippen LogP contribution >= 0.6 is 0 Å². The first-order chi connectivity index (χ1) is 17.7. The number of amides is 1. The van der Waals surface area contributed by atoms with Gasteiger partial charge >= 0.3 is 0 Å². The Morgan fingerprint density at radius 1 is 1.00 bits per heavy atom. The van der Waals surface area contributed by atoms with Gasteiger partial charge in [0.1, 0.15) is 11.5 Å². The van der Waals surface area contributed by atoms with Crippen LogP contribution in [0.25, 0.3) is 5.57 Å². The number of pyridine rings is 1. The van der Waals surface area contributed by atoms with Crippen LogP contribution in [0, 0.1) is 11.3 Å². The molecule has 0 radical (unpaired) electrons. The van der Waals surface area contributed by atoms with Crippen molar-refractivity contribution in [2.24, 2.45) is 11.3 Å². The zero-order valence-corrected chi connectivity index (χ0v) is 21.4. The number of hydrogen-bond acceptors (Lipinski definition) is 5. The van der Waals surface area contributed by atoms with Crippen molar-refractivity contribution < 1.29 is 14.4 Å². The maximum Gasteiger partial charge on any atom is 0.238 e. The maximum absolute atomic E-state index is 14.5. The van der Waals surface area contributed by atoms with E-state index in [4.69, 9.17) is 0 Å². The van der Waals surface area contributed by atoms with Crippen molar-refractivity contribution >= 4 is 34.4 Å². The highest BCUT2D eigenvalue weighted by Gasteiger charge is 2.71. The number of nitrogens with zero attached hydrogens (tertiary/aromatic N) is 2. The van der Waals surface area contributed by atoms with Crippen LogP contribution in [0.4, 0.5) is 11.4 Å². The maximum atomic E-state index is 14.5. The fourth-order valence-corrected chi connectivity index (χ4v) is 6.52. The lowest BCUT2D eigenvalue weighted by molar-refractivity contribution is -0.128. The van der Waals surface area contributed by atoms with Crippen LogP contribution in [0.5, 0.6) is 0 Å². The van der Waals surface area contributed by atoms with Crippen molar-refractivity contribution in [3.8, 4) is 0 Å². The first-order valence-electron chi connectivity index (χ1n) is 12.6. The summed E-state index contributed by atoms with van der Waals surface area (Å²) in [7, 11) is 0. The topological polar surface area (TPSA) is 79.4 Å². The summed E-state index contributed by atoms with van der Waals surface area (Å²) in [6.45, 7) is 7.65. The number of aromatic nitrogens is 1. The predicted molar refractivity (Wildman–Crippen MR) is 143 cm³/mol. The standard InChI is InChI=1S/C31H29N3O3/c1-18-16-24-31(21-12-6-7-13-22(21)33-29(31)37)25(27(35)19-10-9-15-32-17-19)26(28(36)30(2,3)4)34(24)23-14-8-5-11-20(18)23/h5-17,24-26H,1-4H3,(H,33,37)/t24-,25+,26-,31+/m0/s1. The molecule has 0 aliphatic carbocycles. The molecule has 1 saturated heterocycles. The van der Waals surface area contributed by atoms with Crippen molar-refractivity contribution in [3.05, 3.63) is 95.8 Å². The Kier molecular flexibility index (Phi) is 5.03. The number of para-hydroxylation sites is 2. The van der Waals surface area contributed by atoms with Crippen LogP contribution in [-0.2, 0) is 15.0 Å². The van der Waals surface area contributed by atoms with Gasteiger partial charge in [-0.2, -0.15) is 0 Å². The van der Waals surface area contributed by atoms with Gasteiger partial charge in [0.2, 0.25) is 5.91 Å². The molecule has 186 valence electrons. The van der Waals surface area contributed by atoms with E-state index in [1.54, 1.807) is 18.3 Å². The van der Waals surface area contributed by atoms with E-state index in [9.17, 15) is 14.4 Å². The smallest absolute Gasteiger partial charge is 0.238 e. The first-order valence-corrected chi connectivity index (χ1v) is 12.6. The van der Waals surface area contributed by atoms with Gasteiger partial charge in [-0.05, 0) is 42.3 Å². The van der Waals surface area contributed by atoms with Crippen LogP contribution in [0.15, 0.2) is 79.1 Å². The molecule has 2 aromatic carbocycles. The number of hydrogen-bond donors (Lipinski definition) is 1. The van der Waals surface area contributed by atoms with Gasteiger partial charge in [0.05, 0.1) is 12.0 Å². The summed E-state index contributed by atoms with van der Waals surface area (Å²) in [4.78, 5) is 49.4. The molecule has 0 unspecified atom stereocenters. The summed E-state index contributed by atoms with van der Waals surface area (Å²) in [6.07, 6.45) is 5.21. The van der Waals surface area contributed by atoms with E-state index in [-0.39, 0.29) is 17.5 Å². The van der Waals surface area contributed by atoms with E-state index in [1.807, 2.05) is 76.2 Å². The Morgan fingerprint density at radius 2 is 1.73 bits per heavy atom. The number of anilines is 2. The molecule has 1 fully saturated rings. The lowest BCUT2D eigenvalue weighted by Gasteiger charge is -2.39. The summed E-state index contributed by atoms with van der Waals surface area (Å²) in [6, 6.07) is 17.5. The molecule has 37 heavy (non-hydrogen) atoms. The second-order valence-electron chi connectivity index (χ2n) is 11.2. The molecule has 1 aromatic heterocycles. The summed E-state index contributed by atoms with van der Waals surface area (Å²) in [5, 5.41) is 3.06. The lowest BCUT2D eigenvalue weighted by Crippen LogP contribution is -2.51. The average molecular weight is 492 g/mol. The SMILES string of the molecule is CC1=C[C@@H]2N(c3ccccc31)[C@H](C(=O)C(C)(C)C)[C@H](C(=O)c1cccnc1)[C@]21C(=O)Nc2ccccc21. The minimum absolute atomic E-state index is 0.0726. The van der Waals surface area contributed by atoms with Gasteiger partial charge in [0.25, 0.3) is 0 Å². The molecule has 1 N–H and O–H groups in total. The predicted octanol–water partition coefficient (Wildman–Crippen LogP) is 5.06. The van der Waals surface area contributed by atoms with Crippen LogP contribution in [0.1, 0.15) is 49.2 Å². The molecule has 6 nitrogen and oxygen atoms in total. The van der Waals surface area contributed by atoms with E-state index in [2.05, 4.69) is 21.3 Å². The summed E-state index contributed by atoms with van der Waals surface area (Å²) < 4.78 is 0. The second-order valence-corrected chi connectivity index (χ2v) is 11.2. The van der Waals surface area contributed by atoms with Crippen molar-refractivity contribution in [3.63, 3.8) is 0 Å². The fraction of sp³-hybridized carbons (Fsp3) is 0.290. The Morgan fingerprint density at radius 3 is 2.46 bits per heavy atom. The van der Waals surface area contributed by atoms with E-state index in [0.29, 0.717) is 11.3 Å². The monoisotopic (exact) mass is 491 g/mol. The molecule has 1 amide bonds. The number of fused-ring (bicyclic) bond motifs is 6. The van der Waals surface area contributed by atoms with Crippen LogP contribution in [0.3, 0.4) is 0 Å². The summed E-state index contributed by atoms with van der Waals surface area (Å²) in [5.41, 5.74) is 2.69. The number of allylic oxidation sites excluding steroid dienone is 1. The van der Waals surface area contributed by atoms with Crippen LogP contribution in [-0.4, -0.2) is 34.5 Å². The zero-order chi connectivity index (χ0) is 26.1. The van der Waals surface area contributed by atoms with Gasteiger partial charge < -0.3 is 10.2 Å². The zero-order valence-electron chi connectivity index (χ0n) is 21.4. The van der Waals surface area contributed by atoms with Gasteiger partial charge in [-0.25, -0.2) is 0 Å². The largest absolute Gasteiger partial charge is 0.352 e. The van der Waals surface area contributed by atoms with E-state index in [0.717, 1.165) is 22.4 Å². The molecule has 4 heterocycles. The Balaban J connectivity index is 1.71.